The fourth-order valence-corrected chi connectivity index (χ4v) is 6.90. The number of amides is 2. The average Bonchev–Trinajstić information content (AvgIpc) is 3.77. The number of hydrogen-bond acceptors (Lipinski definition) is 6. The van der Waals surface area contributed by atoms with E-state index >= 15 is 4.39 Å². The van der Waals surface area contributed by atoms with Crippen molar-refractivity contribution in [1.29, 1.82) is 0 Å². The van der Waals surface area contributed by atoms with E-state index in [1.54, 1.807) is 35.3 Å². The number of benzene rings is 2. The summed E-state index contributed by atoms with van der Waals surface area (Å²) in [5.41, 5.74) is 1.42. The summed E-state index contributed by atoms with van der Waals surface area (Å²) in [4.78, 5) is 30.7. The number of likely N-dealkylation sites (tertiary alicyclic amines) is 1. The van der Waals surface area contributed by atoms with E-state index in [2.05, 4.69) is 20.3 Å². The minimum Gasteiger partial charge on any atom is -0.384 e. The van der Waals surface area contributed by atoms with Crippen LogP contribution in [0.15, 0.2) is 54.9 Å². The zero-order valence-corrected chi connectivity index (χ0v) is 24.8. The molecule has 7 rings (SSSR count). The van der Waals surface area contributed by atoms with Crippen LogP contribution in [0.2, 0.25) is 0 Å². The summed E-state index contributed by atoms with van der Waals surface area (Å²) in [6, 6.07) is 13.1. The number of carbonyl (C=O) groups is 2. The monoisotopic (exact) mass is 599 g/mol. The molecule has 2 saturated heterocycles. The first kappa shape index (κ1) is 28.7. The average molecular weight is 600 g/mol. The van der Waals surface area contributed by atoms with Crippen LogP contribution in [0.1, 0.15) is 74.6 Å². The van der Waals surface area contributed by atoms with Crippen molar-refractivity contribution < 1.29 is 23.5 Å². The van der Waals surface area contributed by atoms with Crippen LogP contribution in [0.25, 0.3) is 22.0 Å². The number of hydrogen-bond donors (Lipinski definition) is 2. The number of aromatic nitrogens is 3. The Morgan fingerprint density at radius 3 is 2.55 bits per heavy atom. The summed E-state index contributed by atoms with van der Waals surface area (Å²) < 4.78 is 32.5. The van der Waals surface area contributed by atoms with Crippen molar-refractivity contribution in [2.24, 2.45) is 5.41 Å². The Kier molecular flexibility index (Phi) is 6.89. The van der Waals surface area contributed by atoms with Crippen molar-refractivity contribution in [3.63, 3.8) is 0 Å². The van der Waals surface area contributed by atoms with Crippen LogP contribution in [0.4, 0.5) is 8.78 Å². The Bertz CT molecular complexity index is 1780. The Hall–Kier alpha value is -4.02. The summed E-state index contributed by atoms with van der Waals surface area (Å²) in [5, 5.41) is 18.7. The lowest BCUT2D eigenvalue weighted by molar-refractivity contribution is -0.134. The van der Waals surface area contributed by atoms with E-state index < -0.39 is 34.6 Å². The van der Waals surface area contributed by atoms with E-state index in [4.69, 9.17) is 0 Å². The molecule has 2 unspecified atom stereocenters. The van der Waals surface area contributed by atoms with Gasteiger partial charge in [-0.15, -0.1) is 5.10 Å². The molecule has 3 aliphatic rings. The molecule has 2 amide bonds. The van der Waals surface area contributed by atoms with Gasteiger partial charge in [-0.1, -0.05) is 44.2 Å². The van der Waals surface area contributed by atoms with Gasteiger partial charge in [0.15, 0.2) is 0 Å². The van der Waals surface area contributed by atoms with E-state index in [1.165, 1.54) is 0 Å². The Balaban J connectivity index is 1.09. The maximum absolute atomic E-state index is 16.2. The first-order chi connectivity index (χ1) is 21.0. The topological polar surface area (TPSA) is 100 Å². The number of fused-ring (bicyclic) bond motifs is 1. The lowest BCUT2D eigenvalue weighted by Crippen LogP contribution is -2.55. The molecule has 2 aromatic carbocycles. The van der Waals surface area contributed by atoms with E-state index in [0.717, 1.165) is 24.0 Å². The minimum atomic E-state index is -1.44. The van der Waals surface area contributed by atoms with Gasteiger partial charge >= 0.3 is 0 Å². The molecule has 10 heteroatoms. The predicted octanol–water partition coefficient (Wildman–Crippen LogP) is 5.35. The SMILES string of the molecule is CC1(C)CN(Cc2ccc(-c3cn(C4CC4)nc3F)cc2)CCC1(O)c1ccc2ncc(C3CCC(=O)NC3=O)cc2c1F. The van der Waals surface area contributed by atoms with Crippen LogP contribution < -0.4 is 5.32 Å². The summed E-state index contributed by atoms with van der Waals surface area (Å²) in [6.07, 6.45) is 6.31. The first-order valence-electron chi connectivity index (χ1n) is 15.2. The molecular formula is C34H35F2N5O3. The predicted molar refractivity (Wildman–Crippen MR) is 160 cm³/mol. The number of carbonyl (C=O) groups excluding carboxylic acids is 2. The van der Waals surface area contributed by atoms with Gasteiger partial charge in [-0.25, -0.2) is 4.39 Å². The Labute approximate surface area is 254 Å². The van der Waals surface area contributed by atoms with Gasteiger partial charge in [-0.3, -0.25) is 29.5 Å². The minimum absolute atomic E-state index is 0.218. The molecule has 4 aromatic rings. The molecule has 2 aromatic heterocycles. The Morgan fingerprint density at radius 1 is 1.07 bits per heavy atom. The molecule has 8 nitrogen and oxygen atoms in total. The van der Waals surface area contributed by atoms with Crippen molar-refractivity contribution in [3.05, 3.63) is 83.3 Å². The Morgan fingerprint density at radius 2 is 1.84 bits per heavy atom. The highest BCUT2D eigenvalue weighted by Gasteiger charge is 2.50. The molecule has 1 saturated carbocycles. The summed E-state index contributed by atoms with van der Waals surface area (Å²) >= 11 is 0. The second-order valence-electron chi connectivity index (χ2n) is 13.2. The zero-order valence-electron chi connectivity index (χ0n) is 24.8. The summed E-state index contributed by atoms with van der Waals surface area (Å²) in [7, 11) is 0. The van der Waals surface area contributed by atoms with Crippen molar-refractivity contribution in [3.8, 4) is 11.1 Å². The van der Waals surface area contributed by atoms with Gasteiger partial charge in [0.1, 0.15) is 5.82 Å². The molecule has 2 aliphatic heterocycles. The van der Waals surface area contributed by atoms with Crippen molar-refractivity contribution >= 4 is 22.7 Å². The number of piperidine rings is 2. The highest BCUT2D eigenvalue weighted by atomic mass is 19.1. The largest absolute Gasteiger partial charge is 0.384 e. The van der Waals surface area contributed by atoms with Gasteiger partial charge < -0.3 is 5.11 Å². The molecular weight excluding hydrogens is 564 g/mol. The number of halogens is 2. The maximum atomic E-state index is 16.2. The first-order valence-corrected chi connectivity index (χ1v) is 15.2. The van der Waals surface area contributed by atoms with Gasteiger partial charge in [0.05, 0.1) is 28.6 Å². The fraction of sp³-hybridized carbons (Fsp3) is 0.412. The van der Waals surface area contributed by atoms with Gasteiger partial charge in [0, 0.05) is 54.8 Å². The van der Waals surface area contributed by atoms with Crippen LogP contribution in [0.5, 0.6) is 0 Å². The summed E-state index contributed by atoms with van der Waals surface area (Å²) in [6.45, 7) is 5.62. The van der Waals surface area contributed by atoms with Crippen LogP contribution in [0, 0.1) is 17.2 Å². The lowest BCUT2D eigenvalue weighted by atomic mass is 9.66. The normalized spacial score (nSPS) is 24.1. The third-order valence-corrected chi connectivity index (χ3v) is 9.71. The number of aliphatic hydroxyl groups is 1. The second kappa shape index (κ2) is 10.6. The van der Waals surface area contributed by atoms with Gasteiger partial charge in [-0.2, -0.15) is 4.39 Å². The van der Waals surface area contributed by atoms with Crippen LogP contribution in [-0.2, 0) is 21.7 Å². The molecule has 44 heavy (non-hydrogen) atoms. The molecule has 1 aliphatic carbocycles. The van der Waals surface area contributed by atoms with Crippen molar-refractivity contribution in [1.82, 2.24) is 25.0 Å². The number of pyridine rings is 1. The molecule has 2 atom stereocenters. The van der Waals surface area contributed by atoms with Crippen molar-refractivity contribution in [2.45, 2.75) is 70.1 Å². The molecule has 3 fully saturated rings. The second-order valence-corrected chi connectivity index (χ2v) is 13.2. The molecule has 2 N–H and O–H groups in total. The fourth-order valence-electron chi connectivity index (χ4n) is 6.90. The maximum Gasteiger partial charge on any atom is 0.240 e. The highest BCUT2D eigenvalue weighted by molar-refractivity contribution is 6.01. The number of nitrogens with zero attached hydrogens (tertiary/aromatic N) is 4. The van der Waals surface area contributed by atoms with Gasteiger partial charge in [0.25, 0.3) is 0 Å². The van der Waals surface area contributed by atoms with Crippen LogP contribution >= 0.6 is 0 Å². The smallest absolute Gasteiger partial charge is 0.240 e. The molecule has 4 heterocycles. The van der Waals surface area contributed by atoms with E-state index in [1.807, 2.05) is 38.1 Å². The lowest BCUT2D eigenvalue weighted by Gasteiger charge is -2.50. The van der Waals surface area contributed by atoms with Crippen LogP contribution in [0.3, 0.4) is 0 Å². The van der Waals surface area contributed by atoms with Crippen molar-refractivity contribution in [2.75, 3.05) is 13.1 Å². The third kappa shape index (κ3) is 4.99. The number of imide groups is 1. The molecule has 0 spiro atoms. The highest BCUT2D eigenvalue weighted by Crippen LogP contribution is 2.48. The van der Waals surface area contributed by atoms with E-state index in [9.17, 15) is 19.1 Å². The number of rotatable bonds is 6. The third-order valence-electron chi connectivity index (χ3n) is 9.71. The zero-order chi connectivity index (χ0) is 30.8. The van der Waals surface area contributed by atoms with Gasteiger partial charge in [0.2, 0.25) is 17.8 Å². The molecule has 228 valence electrons. The molecule has 0 bridgehead atoms. The quantitative estimate of drug-likeness (QED) is 0.290. The van der Waals surface area contributed by atoms with E-state index in [-0.39, 0.29) is 23.3 Å². The van der Waals surface area contributed by atoms with E-state index in [0.29, 0.717) is 55.2 Å². The summed E-state index contributed by atoms with van der Waals surface area (Å²) in [5.74, 6) is -2.29. The van der Waals surface area contributed by atoms with Gasteiger partial charge in [-0.05, 0) is 54.5 Å². The standard InChI is InChI=1S/C34H35F2N5O3/c1-33(2)19-40(17-20-3-5-21(6-4-20)26-18-41(23-7-8-23)39-31(26)36)14-13-34(33,44)27-10-11-28-25(30(27)35)15-22(16-37-28)24-9-12-29(42)38-32(24)43/h3-6,10-11,15-16,18,23-24,44H,7-9,12-14,17,19H2,1-2H3,(H,38,42,43). The van der Waals surface area contributed by atoms with Crippen LogP contribution in [-0.4, -0.2) is 49.7 Å². The molecule has 0 radical (unpaired) electrons. The number of nitrogens with one attached hydrogen (secondary N) is 1.